The highest BCUT2D eigenvalue weighted by Crippen LogP contribution is 1.65. The summed E-state index contributed by atoms with van der Waals surface area (Å²) in [5.74, 6) is 1.73. The minimum absolute atomic E-state index is 0. The Kier molecular flexibility index (Phi) is 8.88. The predicted molar refractivity (Wildman–Crippen MR) is 38.4 cm³/mol. The average Bonchev–Trinajstić information content (AvgIpc) is 1.68. The summed E-state index contributed by atoms with van der Waals surface area (Å²) in [6.07, 6.45) is 0. The van der Waals surface area contributed by atoms with Crippen LogP contribution in [0.15, 0.2) is 0 Å². The Hall–Kier alpha value is -0.313. The summed E-state index contributed by atoms with van der Waals surface area (Å²) in [5, 5.41) is 0. The highest BCUT2D eigenvalue weighted by Gasteiger charge is 1.81. The smallest absolute Gasteiger partial charge is 0.265 e. The number of hydrogen-bond acceptors (Lipinski definition) is 2. The number of rotatable bonds is 2. The van der Waals surface area contributed by atoms with E-state index in [0.29, 0.717) is 0 Å². The van der Waals surface area contributed by atoms with E-state index in [0.717, 1.165) is 0 Å². The standard InChI is InChI=1S/C4H10O2Si.CH4/c1-5-4-7(3)6-2;/h4H,1-3H3;1H4/b7-4-;. The molecule has 0 aliphatic rings. The number of ether oxygens (including phenoxy) is 1. The zero-order chi connectivity index (χ0) is 5.70. The second kappa shape index (κ2) is 6.69. The maximum atomic E-state index is 4.91. The number of hydrogen-bond donors (Lipinski definition) is 0. The van der Waals surface area contributed by atoms with Crippen molar-refractivity contribution < 1.29 is 9.16 Å². The van der Waals surface area contributed by atoms with Gasteiger partial charge in [-0.1, -0.05) is 7.43 Å². The van der Waals surface area contributed by atoms with Gasteiger partial charge in [0.25, 0.3) is 8.65 Å². The van der Waals surface area contributed by atoms with Crippen LogP contribution in [0.5, 0.6) is 0 Å². The number of methoxy groups -OCH3 is 1. The molecule has 0 aliphatic heterocycles. The summed E-state index contributed by atoms with van der Waals surface area (Å²) in [7, 11) is 2.59. The molecule has 0 unspecified atom stereocenters. The van der Waals surface area contributed by atoms with Gasteiger partial charge in [0.1, 0.15) is 0 Å². The monoisotopic (exact) mass is 134 g/mol. The third-order valence-corrected chi connectivity index (χ3v) is 1.82. The first-order valence-electron chi connectivity index (χ1n) is 2.04. The molecule has 0 aliphatic carbocycles. The highest BCUT2D eigenvalue weighted by molar-refractivity contribution is 6.57. The van der Waals surface area contributed by atoms with Crippen molar-refractivity contribution in [3.05, 3.63) is 0 Å². The zero-order valence-corrected chi connectivity index (χ0v) is 5.89. The van der Waals surface area contributed by atoms with Crippen molar-refractivity contribution in [1.29, 1.82) is 0 Å². The Morgan fingerprint density at radius 2 is 1.88 bits per heavy atom. The molecule has 0 N–H and O–H groups in total. The van der Waals surface area contributed by atoms with E-state index < -0.39 is 8.65 Å². The molecule has 0 rings (SSSR count). The van der Waals surface area contributed by atoms with Gasteiger partial charge in [-0.05, 0) is 6.55 Å². The first kappa shape index (κ1) is 10.6. The Balaban J connectivity index is 0. The first-order valence-corrected chi connectivity index (χ1v) is 4.03. The van der Waals surface area contributed by atoms with E-state index in [1.54, 1.807) is 20.1 Å². The third-order valence-electron chi connectivity index (χ3n) is 0.606. The van der Waals surface area contributed by atoms with E-state index in [1.807, 2.05) is 6.55 Å². The van der Waals surface area contributed by atoms with Gasteiger partial charge in [-0.15, -0.1) is 0 Å². The molecule has 0 saturated carbocycles. The fraction of sp³-hybridized carbons (Fsp3) is 0.800. The molecule has 0 aromatic rings. The fourth-order valence-electron chi connectivity index (χ4n) is 0.214. The summed E-state index contributed by atoms with van der Waals surface area (Å²) in [5.41, 5.74) is 0. The van der Waals surface area contributed by atoms with Gasteiger partial charge in [-0.3, -0.25) is 0 Å². The van der Waals surface area contributed by atoms with Crippen LogP contribution in [0.2, 0.25) is 6.55 Å². The molecule has 0 fully saturated rings. The molecule has 0 aromatic carbocycles. The predicted octanol–water partition coefficient (Wildman–Crippen LogP) is 0.878. The van der Waals surface area contributed by atoms with Crippen molar-refractivity contribution in [2.75, 3.05) is 14.2 Å². The van der Waals surface area contributed by atoms with Crippen molar-refractivity contribution in [3.8, 4) is 0 Å². The Morgan fingerprint density at radius 3 is 2.00 bits per heavy atom. The van der Waals surface area contributed by atoms with Gasteiger partial charge in [0.05, 0.1) is 20.1 Å². The SMILES string of the molecule is C.CO/C=[Si](/C)OC. The maximum Gasteiger partial charge on any atom is 0.265 e. The summed E-state index contributed by atoms with van der Waals surface area (Å²) in [4.78, 5) is 0. The molecule has 0 spiro atoms. The zero-order valence-electron chi connectivity index (χ0n) is 4.89. The van der Waals surface area contributed by atoms with Crippen molar-refractivity contribution >= 4 is 14.5 Å². The molecular formula is C5H14O2Si. The minimum atomic E-state index is -0.727. The van der Waals surface area contributed by atoms with Gasteiger partial charge in [0.2, 0.25) is 0 Å². The van der Waals surface area contributed by atoms with Gasteiger partial charge in [0, 0.05) is 0 Å². The van der Waals surface area contributed by atoms with Crippen LogP contribution in [0.1, 0.15) is 7.43 Å². The molecular weight excluding hydrogens is 120 g/mol. The lowest BCUT2D eigenvalue weighted by atomic mass is 11.5. The average molecular weight is 134 g/mol. The maximum absolute atomic E-state index is 4.91. The largest absolute Gasteiger partial charge is 0.551 e. The third kappa shape index (κ3) is 5.69. The van der Waals surface area contributed by atoms with E-state index in [9.17, 15) is 0 Å². The molecule has 3 heteroatoms. The van der Waals surface area contributed by atoms with Crippen LogP contribution in [-0.2, 0) is 9.16 Å². The van der Waals surface area contributed by atoms with Crippen LogP contribution in [0.3, 0.4) is 0 Å². The molecule has 0 aromatic heterocycles. The summed E-state index contributed by atoms with van der Waals surface area (Å²) < 4.78 is 9.60. The summed E-state index contributed by atoms with van der Waals surface area (Å²) >= 11 is 0. The van der Waals surface area contributed by atoms with Crippen LogP contribution in [-0.4, -0.2) is 28.7 Å². The van der Waals surface area contributed by atoms with E-state index >= 15 is 0 Å². The van der Waals surface area contributed by atoms with Crippen LogP contribution in [0.25, 0.3) is 0 Å². The van der Waals surface area contributed by atoms with E-state index in [4.69, 9.17) is 4.43 Å². The van der Waals surface area contributed by atoms with E-state index in [1.165, 1.54) is 0 Å². The Labute approximate surface area is 52.8 Å². The normalized spacial score (nSPS) is 9.62. The Morgan fingerprint density at radius 1 is 1.38 bits per heavy atom. The topological polar surface area (TPSA) is 18.5 Å². The lowest BCUT2D eigenvalue weighted by Crippen LogP contribution is -2.02. The molecule has 0 atom stereocenters. The first-order chi connectivity index (χ1) is 3.31. The van der Waals surface area contributed by atoms with Crippen LogP contribution < -0.4 is 0 Å². The fourth-order valence-corrected chi connectivity index (χ4v) is 0.642. The van der Waals surface area contributed by atoms with Crippen LogP contribution in [0, 0.1) is 0 Å². The lowest BCUT2D eigenvalue weighted by Gasteiger charge is -1.93. The minimum Gasteiger partial charge on any atom is -0.551 e. The summed E-state index contributed by atoms with van der Waals surface area (Å²) in [6, 6.07) is 0. The molecule has 8 heavy (non-hydrogen) atoms. The van der Waals surface area contributed by atoms with Gasteiger partial charge < -0.3 is 9.16 Å². The Bertz CT molecular complexity index is 70.8. The molecule has 0 saturated heterocycles. The molecule has 0 radical (unpaired) electrons. The molecule has 0 bridgehead atoms. The lowest BCUT2D eigenvalue weighted by molar-refractivity contribution is 0.410. The molecule has 0 amide bonds. The highest BCUT2D eigenvalue weighted by atomic mass is 28.3. The van der Waals surface area contributed by atoms with Gasteiger partial charge >= 0.3 is 0 Å². The van der Waals surface area contributed by atoms with Crippen molar-refractivity contribution in [2.24, 2.45) is 0 Å². The summed E-state index contributed by atoms with van der Waals surface area (Å²) in [6.45, 7) is 2.01. The van der Waals surface area contributed by atoms with Gasteiger partial charge in [-0.25, -0.2) is 0 Å². The van der Waals surface area contributed by atoms with Crippen molar-refractivity contribution in [1.82, 2.24) is 0 Å². The second-order valence-electron chi connectivity index (χ2n) is 1.17. The van der Waals surface area contributed by atoms with E-state index in [-0.39, 0.29) is 7.43 Å². The van der Waals surface area contributed by atoms with Crippen LogP contribution in [0.4, 0.5) is 0 Å². The molecule has 0 heterocycles. The van der Waals surface area contributed by atoms with Crippen molar-refractivity contribution in [2.45, 2.75) is 14.0 Å². The van der Waals surface area contributed by atoms with Gasteiger partial charge in [0.15, 0.2) is 0 Å². The second-order valence-corrected chi connectivity index (χ2v) is 3.03. The molecule has 2 nitrogen and oxygen atoms in total. The van der Waals surface area contributed by atoms with E-state index in [2.05, 4.69) is 4.74 Å². The van der Waals surface area contributed by atoms with Gasteiger partial charge in [-0.2, -0.15) is 0 Å². The van der Waals surface area contributed by atoms with Crippen molar-refractivity contribution in [3.63, 3.8) is 0 Å². The quantitative estimate of drug-likeness (QED) is 0.522. The molecule has 50 valence electrons. The van der Waals surface area contributed by atoms with Crippen LogP contribution >= 0.6 is 0 Å².